The van der Waals surface area contributed by atoms with Gasteiger partial charge < -0.3 is 20.4 Å². The lowest BCUT2D eigenvalue weighted by Crippen LogP contribution is -2.47. The molecule has 0 saturated carbocycles. The van der Waals surface area contributed by atoms with E-state index in [4.69, 9.17) is 0 Å². The van der Waals surface area contributed by atoms with Gasteiger partial charge in [-0.3, -0.25) is 0 Å². The molecule has 0 aliphatic heterocycles. The van der Waals surface area contributed by atoms with Gasteiger partial charge in [-0.2, -0.15) is 0 Å². The third-order valence-electron chi connectivity index (χ3n) is 4.56. The summed E-state index contributed by atoms with van der Waals surface area (Å²) in [7, 11) is 0. The van der Waals surface area contributed by atoms with Gasteiger partial charge in [0.25, 0.3) is 0 Å². The number of fused-ring (bicyclic) bond motifs is 1. The molecule has 0 amide bonds. The van der Waals surface area contributed by atoms with Gasteiger partial charge >= 0.3 is 0 Å². The fraction of sp³-hybridized carbons (Fsp3) is 0.250. The van der Waals surface area contributed by atoms with Gasteiger partial charge in [-0.05, 0) is 23.3 Å². The van der Waals surface area contributed by atoms with E-state index >= 15 is 0 Å². The van der Waals surface area contributed by atoms with Crippen LogP contribution in [0.5, 0.6) is 11.5 Å². The highest BCUT2D eigenvalue weighted by Gasteiger charge is 2.50. The third kappa shape index (κ3) is 1.23. The minimum Gasteiger partial charge on any atom is -0.508 e. The molecule has 2 aromatic carbocycles. The van der Waals surface area contributed by atoms with Crippen molar-refractivity contribution >= 4 is 0 Å². The molecule has 2 aromatic rings. The molecular formula is C16H14O4. The van der Waals surface area contributed by atoms with Crippen LogP contribution in [0.2, 0.25) is 0 Å². The number of hydrogen-bond acceptors (Lipinski definition) is 4. The zero-order valence-corrected chi connectivity index (χ0v) is 10.6. The van der Waals surface area contributed by atoms with E-state index in [0.29, 0.717) is 11.1 Å². The monoisotopic (exact) mass is 270 g/mol. The summed E-state index contributed by atoms with van der Waals surface area (Å²) < 4.78 is 0. The molecule has 0 saturated heterocycles. The van der Waals surface area contributed by atoms with Crippen LogP contribution in [0.15, 0.2) is 36.4 Å². The van der Waals surface area contributed by atoms with Crippen LogP contribution in [0.1, 0.15) is 34.1 Å². The number of aromatic hydroxyl groups is 2. The highest BCUT2D eigenvalue weighted by atomic mass is 16.3. The molecule has 5 rings (SSSR count). The van der Waals surface area contributed by atoms with Crippen LogP contribution in [0.3, 0.4) is 0 Å². The molecule has 0 unspecified atom stereocenters. The van der Waals surface area contributed by atoms with Crippen LogP contribution >= 0.6 is 0 Å². The topological polar surface area (TPSA) is 80.9 Å². The first-order chi connectivity index (χ1) is 9.61. The SMILES string of the molecule is Oc1ccc(O)c2c1[C@H]1c3ccccc3[C@H]2[C@H](O)[C@@H]1O. The van der Waals surface area contributed by atoms with E-state index in [9.17, 15) is 20.4 Å². The van der Waals surface area contributed by atoms with Gasteiger partial charge in [0.15, 0.2) is 0 Å². The van der Waals surface area contributed by atoms with Crippen LogP contribution in [-0.4, -0.2) is 32.6 Å². The Balaban J connectivity index is 2.11. The maximum Gasteiger partial charge on any atom is 0.120 e. The Morgan fingerprint density at radius 1 is 0.650 bits per heavy atom. The first kappa shape index (κ1) is 11.8. The second-order valence-electron chi connectivity index (χ2n) is 5.50. The molecule has 0 aromatic heterocycles. The second-order valence-corrected chi connectivity index (χ2v) is 5.50. The van der Waals surface area contributed by atoms with E-state index in [1.807, 2.05) is 24.3 Å². The zero-order valence-electron chi connectivity index (χ0n) is 10.6. The van der Waals surface area contributed by atoms with E-state index in [-0.39, 0.29) is 11.5 Å². The van der Waals surface area contributed by atoms with Gasteiger partial charge in [0, 0.05) is 23.0 Å². The third-order valence-corrected chi connectivity index (χ3v) is 4.56. The zero-order chi connectivity index (χ0) is 14.0. The quantitative estimate of drug-likeness (QED) is 0.546. The lowest BCUT2D eigenvalue weighted by Gasteiger charge is -2.46. The molecule has 0 heterocycles. The van der Waals surface area contributed by atoms with E-state index in [1.54, 1.807) is 0 Å². The molecule has 4 atom stereocenters. The molecule has 102 valence electrons. The average molecular weight is 270 g/mol. The summed E-state index contributed by atoms with van der Waals surface area (Å²) in [6.45, 7) is 0. The van der Waals surface area contributed by atoms with E-state index in [0.717, 1.165) is 11.1 Å². The molecule has 0 radical (unpaired) electrons. The second kappa shape index (κ2) is 3.75. The predicted molar refractivity (Wildman–Crippen MR) is 71.9 cm³/mol. The van der Waals surface area contributed by atoms with Gasteiger partial charge in [0.1, 0.15) is 11.5 Å². The Morgan fingerprint density at radius 3 is 1.45 bits per heavy atom. The number of phenolic OH excluding ortho intramolecular Hbond substituents is 2. The van der Waals surface area contributed by atoms with Crippen molar-refractivity contribution in [3.05, 3.63) is 58.7 Å². The Kier molecular flexibility index (Phi) is 2.20. The van der Waals surface area contributed by atoms with Crippen LogP contribution in [-0.2, 0) is 0 Å². The Bertz CT molecular complexity index is 650. The molecule has 20 heavy (non-hydrogen) atoms. The van der Waals surface area contributed by atoms with Crippen molar-refractivity contribution in [1.29, 1.82) is 0 Å². The maximum atomic E-state index is 10.3. The summed E-state index contributed by atoms with van der Waals surface area (Å²) in [6, 6.07) is 10.4. The van der Waals surface area contributed by atoms with Crippen LogP contribution < -0.4 is 0 Å². The minimum atomic E-state index is -0.977. The fourth-order valence-corrected chi connectivity index (χ4v) is 3.76. The summed E-state index contributed by atoms with van der Waals surface area (Å²) in [5, 5.41) is 40.9. The predicted octanol–water partition coefficient (Wildman–Crippen LogP) is 1.41. The Labute approximate surface area is 115 Å². The lowest BCUT2D eigenvalue weighted by atomic mass is 9.60. The van der Waals surface area contributed by atoms with Crippen LogP contribution in [0.25, 0.3) is 0 Å². The molecule has 0 fully saturated rings. The first-order valence-corrected chi connectivity index (χ1v) is 6.61. The fourth-order valence-electron chi connectivity index (χ4n) is 3.76. The van der Waals surface area contributed by atoms with Gasteiger partial charge in [-0.1, -0.05) is 24.3 Å². The first-order valence-electron chi connectivity index (χ1n) is 6.61. The molecule has 2 bridgehead atoms. The Hall–Kier alpha value is -2.04. The van der Waals surface area contributed by atoms with Gasteiger partial charge in [0.2, 0.25) is 0 Å². The normalized spacial score (nSPS) is 29.9. The van der Waals surface area contributed by atoms with E-state index in [1.165, 1.54) is 12.1 Å². The molecular weight excluding hydrogens is 256 g/mol. The van der Waals surface area contributed by atoms with Crippen molar-refractivity contribution in [2.75, 3.05) is 0 Å². The molecule has 0 spiro atoms. The minimum absolute atomic E-state index is 0.0493. The van der Waals surface area contributed by atoms with Gasteiger partial charge in [-0.25, -0.2) is 0 Å². The highest BCUT2D eigenvalue weighted by Crippen LogP contribution is 2.57. The van der Waals surface area contributed by atoms with Crippen LogP contribution in [0.4, 0.5) is 0 Å². The van der Waals surface area contributed by atoms with Crippen molar-refractivity contribution in [3.8, 4) is 11.5 Å². The maximum absolute atomic E-state index is 10.3. The Morgan fingerprint density at radius 2 is 1.05 bits per heavy atom. The van der Waals surface area contributed by atoms with Crippen molar-refractivity contribution < 1.29 is 20.4 Å². The van der Waals surface area contributed by atoms with Gasteiger partial charge in [-0.15, -0.1) is 0 Å². The van der Waals surface area contributed by atoms with Crippen LogP contribution in [0, 0.1) is 0 Å². The number of aliphatic hydroxyl groups excluding tert-OH is 2. The number of aliphatic hydroxyl groups is 2. The number of hydrogen-bond donors (Lipinski definition) is 4. The average Bonchev–Trinajstić information content (AvgIpc) is 2.46. The van der Waals surface area contributed by atoms with Crippen molar-refractivity contribution in [1.82, 2.24) is 0 Å². The smallest absolute Gasteiger partial charge is 0.120 e. The number of rotatable bonds is 0. The highest BCUT2D eigenvalue weighted by molar-refractivity contribution is 5.65. The standard InChI is InChI=1S/C16H14O4/c17-9-5-6-10(18)14-12-8-4-2-1-3-7(8)11(13(9)14)15(19)16(12)20/h1-6,11-12,15-20H/t11-,12-,15-,16+/m1/s1. The van der Waals surface area contributed by atoms with E-state index < -0.39 is 24.0 Å². The molecule has 4 nitrogen and oxygen atoms in total. The van der Waals surface area contributed by atoms with Gasteiger partial charge in [0.05, 0.1) is 12.2 Å². The summed E-state index contributed by atoms with van der Waals surface area (Å²) in [6.07, 6.45) is -1.95. The largest absolute Gasteiger partial charge is 0.508 e. The summed E-state index contributed by atoms with van der Waals surface area (Å²) in [5.74, 6) is -0.914. The van der Waals surface area contributed by atoms with Crippen molar-refractivity contribution in [3.63, 3.8) is 0 Å². The molecule has 3 aliphatic rings. The summed E-state index contributed by atoms with van der Waals surface area (Å²) >= 11 is 0. The number of phenols is 2. The van der Waals surface area contributed by atoms with Crippen molar-refractivity contribution in [2.24, 2.45) is 0 Å². The summed E-state index contributed by atoms with van der Waals surface area (Å²) in [4.78, 5) is 0. The lowest BCUT2D eigenvalue weighted by molar-refractivity contribution is -0.0165. The van der Waals surface area contributed by atoms with E-state index in [2.05, 4.69) is 0 Å². The molecule has 3 aliphatic carbocycles. The molecule has 4 N–H and O–H groups in total. The number of benzene rings is 2. The van der Waals surface area contributed by atoms with Crippen molar-refractivity contribution in [2.45, 2.75) is 24.0 Å². The molecule has 4 heteroatoms. The summed E-state index contributed by atoms with van der Waals surface area (Å²) in [5.41, 5.74) is 2.88.